The molecule has 0 unspecified atom stereocenters. The van der Waals surface area contributed by atoms with E-state index >= 15 is 0 Å². The Morgan fingerprint density at radius 1 is 0.491 bits per heavy atom. The fourth-order valence-electron chi connectivity index (χ4n) is 7.99. The maximum absolute atomic E-state index is 4.99. The summed E-state index contributed by atoms with van der Waals surface area (Å²) in [6.45, 7) is 14.4. The molecule has 0 saturated heterocycles. The molecule has 0 N–H and O–H groups in total. The molecular formula is C51H50N3P. The molecule has 1 aromatic heterocycles. The molecule has 1 aliphatic carbocycles. The molecule has 0 bridgehead atoms. The van der Waals surface area contributed by atoms with Gasteiger partial charge in [0.25, 0.3) is 0 Å². The molecule has 4 heteroatoms. The normalized spacial score (nSPS) is 13.0. The van der Waals surface area contributed by atoms with Crippen molar-refractivity contribution >= 4 is 30.1 Å². The van der Waals surface area contributed by atoms with E-state index in [-0.39, 0.29) is 18.8 Å². The zero-order valence-corrected chi connectivity index (χ0v) is 33.9. The third kappa shape index (κ3) is 8.10. The summed E-state index contributed by atoms with van der Waals surface area (Å²) in [5, 5.41) is 4.12. The summed E-state index contributed by atoms with van der Waals surface area (Å²) in [6, 6.07) is 47.8. The largest absolute Gasteiger partial charge is 0.208 e. The van der Waals surface area contributed by atoms with Gasteiger partial charge in [0.05, 0.1) is 0 Å². The number of rotatable bonds is 8. The van der Waals surface area contributed by atoms with Gasteiger partial charge in [-0.15, -0.1) is 0 Å². The first-order valence-corrected chi connectivity index (χ1v) is 21.3. The van der Waals surface area contributed by atoms with Crippen molar-refractivity contribution in [2.75, 3.05) is 12.3 Å². The average molecular weight is 736 g/mol. The summed E-state index contributed by atoms with van der Waals surface area (Å²) >= 11 is 0. The van der Waals surface area contributed by atoms with Crippen LogP contribution in [0.25, 0.3) is 73.3 Å². The number of hydrogen-bond donors (Lipinski definition) is 0. The van der Waals surface area contributed by atoms with Gasteiger partial charge in [-0.25, -0.2) is 15.0 Å². The molecule has 1 heterocycles. The molecule has 3 nitrogen and oxygen atoms in total. The quantitative estimate of drug-likeness (QED) is 0.146. The first kappa shape index (κ1) is 36.7. The van der Waals surface area contributed by atoms with Gasteiger partial charge in [0, 0.05) is 16.7 Å². The lowest BCUT2D eigenvalue weighted by Gasteiger charge is -2.32. The van der Waals surface area contributed by atoms with Crippen LogP contribution in [-0.4, -0.2) is 27.3 Å². The van der Waals surface area contributed by atoms with Crippen LogP contribution in [0.1, 0.15) is 59.1 Å². The van der Waals surface area contributed by atoms with Crippen molar-refractivity contribution in [3.05, 3.63) is 151 Å². The van der Waals surface area contributed by atoms with Gasteiger partial charge in [-0.2, -0.15) is 0 Å². The second-order valence-corrected chi connectivity index (χ2v) is 19.5. The predicted octanol–water partition coefficient (Wildman–Crippen LogP) is 13.5. The van der Waals surface area contributed by atoms with Crippen LogP contribution in [0, 0.1) is 10.8 Å². The minimum Gasteiger partial charge on any atom is -0.208 e. The van der Waals surface area contributed by atoms with E-state index in [1.165, 1.54) is 61.8 Å². The van der Waals surface area contributed by atoms with Crippen molar-refractivity contribution in [3.8, 4) is 56.4 Å². The van der Waals surface area contributed by atoms with Crippen LogP contribution < -0.4 is 5.30 Å². The van der Waals surface area contributed by atoms with E-state index in [0.717, 1.165) is 29.5 Å². The minimum atomic E-state index is -0.317. The Morgan fingerprint density at radius 3 is 1.51 bits per heavy atom. The van der Waals surface area contributed by atoms with E-state index in [1.54, 1.807) is 0 Å². The first-order valence-electron chi connectivity index (χ1n) is 19.6. The van der Waals surface area contributed by atoms with E-state index in [1.807, 2.05) is 36.4 Å². The van der Waals surface area contributed by atoms with E-state index < -0.39 is 0 Å². The molecule has 0 saturated carbocycles. The molecule has 1 aliphatic rings. The van der Waals surface area contributed by atoms with Gasteiger partial charge >= 0.3 is 0 Å². The maximum atomic E-state index is 4.99. The Balaban J connectivity index is 1.24. The summed E-state index contributed by atoms with van der Waals surface area (Å²) in [6.07, 6.45) is 9.25. The van der Waals surface area contributed by atoms with Crippen LogP contribution in [0.4, 0.5) is 0 Å². The Labute approximate surface area is 328 Å². The highest BCUT2D eigenvalue weighted by molar-refractivity contribution is 7.65. The highest BCUT2D eigenvalue weighted by atomic mass is 31.1. The Hall–Kier alpha value is -5.24. The van der Waals surface area contributed by atoms with Crippen molar-refractivity contribution in [2.45, 2.75) is 54.4 Å². The second kappa shape index (κ2) is 15.1. The van der Waals surface area contributed by atoms with Crippen molar-refractivity contribution in [1.82, 2.24) is 15.0 Å². The number of aromatic nitrogens is 3. The molecule has 0 radical (unpaired) electrons. The maximum Gasteiger partial charge on any atom is 0.164 e. The molecule has 0 fully saturated rings. The molecule has 0 amide bonds. The van der Waals surface area contributed by atoms with Crippen molar-refractivity contribution in [3.63, 3.8) is 0 Å². The van der Waals surface area contributed by atoms with Gasteiger partial charge in [0.2, 0.25) is 0 Å². The molecule has 0 spiro atoms. The lowest BCUT2D eigenvalue weighted by molar-refractivity contribution is 0.460. The van der Waals surface area contributed by atoms with Crippen LogP contribution >= 0.6 is 7.92 Å². The first-order chi connectivity index (χ1) is 26.5. The number of fused-ring (bicyclic) bond motifs is 2. The highest BCUT2D eigenvalue weighted by Gasteiger charge is 2.27. The van der Waals surface area contributed by atoms with E-state index in [0.29, 0.717) is 17.5 Å². The number of allylic oxidation sites excluding steroid dienone is 1. The fourth-order valence-corrected chi connectivity index (χ4v) is 11.4. The van der Waals surface area contributed by atoms with Crippen LogP contribution in [-0.2, 0) is 6.42 Å². The van der Waals surface area contributed by atoms with Crippen molar-refractivity contribution in [1.29, 1.82) is 0 Å². The molecule has 0 aliphatic heterocycles. The van der Waals surface area contributed by atoms with Gasteiger partial charge < -0.3 is 0 Å². The Kier molecular flexibility index (Phi) is 10.1. The van der Waals surface area contributed by atoms with Gasteiger partial charge in [-0.1, -0.05) is 189 Å². The number of hydrogen-bond acceptors (Lipinski definition) is 3. The topological polar surface area (TPSA) is 38.7 Å². The van der Waals surface area contributed by atoms with Crippen molar-refractivity contribution < 1.29 is 0 Å². The smallest absolute Gasteiger partial charge is 0.164 e. The van der Waals surface area contributed by atoms with Crippen LogP contribution in [0.2, 0.25) is 0 Å². The molecule has 8 rings (SSSR count). The summed E-state index contributed by atoms with van der Waals surface area (Å²) in [5.41, 5.74) is 11.5. The van der Waals surface area contributed by atoms with Crippen LogP contribution in [0.3, 0.4) is 0 Å². The third-order valence-corrected chi connectivity index (χ3v) is 13.8. The zero-order chi connectivity index (χ0) is 38.2. The highest BCUT2D eigenvalue weighted by Crippen LogP contribution is 2.48. The molecule has 6 aromatic carbocycles. The lowest BCUT2D eigenvalue weighted by Crippen LogP contribution is -2.22. The zero-order valence-electron chi connectivity index (χ0n) is 33.0. The monoisotopic (exact) mass is 735 g/mol. The standard InChI is InChI=1S/C51H50N3P/c1-50(2,3)33-55(34-51(4,5)6)40-23-17-22-39(32-40)46-43-26-15-13-24-41(43)45(42-25-14-16-27-44(42)46)35-28-30-38(31-29-35)49-53-47(36-18-9-7-10-19-36)52-48(54-49)37-20-11-8-12-21-37/h7-15,17-26,28-32H,16,27,33-34H2,1-6H3. The van der Waals surface area contributed by atoms with E-state index in [9.17, 15) is 0 Å². The molecule has 7 aromatic rings. The summed E-state index contributed by atoms with van der Waals surface area (Å²) in [5.74, 6) is 2.00. The van der Waals surface area contributed by atoms with Crippen LogP contribution in [0.15, 0.2) is 140 Å². The van der Waals surface area contributed by atoms with E-state index in [4.69, 9.17) is 15.0 Å². The average Bonchev–Trinajstić information content (AvgIpc) is 3.19. The molecule has 274 valence electrons. The van der Waals surface area contributed by atoms with Gasteiger partial charge in [-0.3, -0.25) is 0 Å². The SMILES string of the molecule is CC(C)(C)CP(CC(C)(C)C)c1cccc(-c2c3c(c(-c4ccc(-c5nc(-c6ccccc6)nc(-c6ccccc6)n5)cc4)c4ccccc24)C=CCC3)c1. The van der Waals surface area contributed by atoms with E-state index in [2.05, 4.69) is 151 Å². The number of benzene rings is 6. The van der Waals surface area contributed by atoms with Gasteiger partial charge in [-0.05, 0) is 91.5 Å². The lowest BCUT2D eigenvalue weighted by atomic mass is 9.80. The molecule has 55 heavy (non-hydrogen) atoms. The van der Waals surface area contributed by atoms with Gasteiger partial charge in [0.15, 0.2) is 17.5 Å². The second-order valence-electron chi connectivity index (χ2n) is 17.3. The van der Waals surface area contributed by atoms with Crippen molar-refractivity contribution in [2.24, 2.45) is 10.8 Å². The minimum absolute atomic E-state index is 0.276. The summed E-state index contributed by atoms with van der Waals surface area (Å²) in [7, 11) is -0.317. The fraction of sp³-hybridized carbons (Fsp3) is 0.235. The Morgan fingerprint density at radius 2 is 0.964 bits per heavy atom. The summed E-state index contributed by atoms with van der Waals surface area (Å²) in [4.78, 5) is 14.9. The third-order valence-electron chi connectivity index (χ3n) is 10.2. The Bertz CT molecular complexity index is 2410. The van der Waals surface area contributed by atoms with Crippen LogP contribution in [0.5, 0.6) is 0 Å². The molecule has 0 atom stereocenters. The molecular weight excluding hydrogens is 686 g/mol. The summed E-state index contributed by atoms with van der Waals surface area (Å²) < 4.78 is 0. The number of nitrogens with zero attached hydrogens (tertiary/aromatic N) is 3. The predicted molar refractivity (Wildman–Crippen MR) is 237 cm³/mol. The van der Waals surface area contributed by atoms with Gasteiger partial charge in [0.1, 0.15) is 0 Å².